The number of halogens is 1. The van der Waals surface area contributed by atoms with Crippen molar-refractivity contribution in [2.45, 2.75) is 12.8 Å². The van der Waals surface area contributed by atoms with Crippen molar-refractivity contribution in [2.75, 3.05) is 0 Å². The van der Waals surface area contributed by atoms with E-state index in [1.165, 1.54) is 0 Å². The van der Waals surface area contributed by atoms with Crippen LogP contribution in [0.5, 0.6) is 0 Å². The summed E-state index contributed by atoms with van der Waals surface area (Å²) in [5, 5.41) is 8.20. The molecule has 0 saturated carbocycles. The van der Waals surface area contributed by atoms with E-state index in [1.807, 2.05) is 6.07 Å². The maximum absolute atomic E-state index is 12.2. The normalized spacial score (nSPS) is 9.09. The van der Waals surface area contributed by atoms with E-state index in [2.05, 4.69) is 9.97 Å². The van der Waals surface area contributed by atoms with Gasteiger partial charge in [0.25, 0.3) is 0 Å². The molecule has 0 N–H and O–H groups in total. The molecular weight excluding hydrogens is 145 g/mol. The van der Waals surface area contributed by atoms with Crippen LogP contribution in [0.3, 0.4) is 0 Å². The second-order valence-electron chi connectivity index (χ2n) is 1.98. The van der Waals surface area contributed by atoms with Gasteiger partial charge in [0.2, 0.25) is 0 Å². The van der Waals surface area contributed by atoms with Gasteiger partial charge in [0.1, 0.15) is 5.82 Å². The van der Waals surface area contributed by atoms with Gasteiger partial charge < -0.3 is 0 Å². The molecule has 0 atom stereocenters. The van der Waals surface area contributed by atoms with Crippen LogP contribution in [-0.4, -0.2) is 9.97 Å². The Kier molecular flexibility index (Phi) is 2.50. The summed E-state index contributed by atoms with van der Waals surface area (Å²) >= 11 is 0. The lowest BCUT2D eigenvalue weighted by atomic mass is 10.3. The molecule has 1 heterocycles. The van der Waals surface area contributed by atoms with Crippen LogP contribution in [0, 0.1) is 17.1 Å². The second-order valence-corrected chi connectivity index (χ2v) is 1.98. The Labute approximate surface area is 63.5 Å². The number of hydrogen-bond acceptors (Lipinski definition) is 3. The first kappa shape index (κ1) is 7.61. The highest BCUT2D eigenvalue weighted by atomic mass is 19.1. The molecule has 0 aliphatic rings. The average Bonchev–Trinajstić information content (AvgIpc) is 2.04. The van der Waals surface area contributed by atoms with E-state index in [-0.39, 0.29) is 0 Å². The van der Waals surface area contributed by atoms with Crippen molar-refractivity contribution in [3.05, 3.63) is 24.0 Å². The molecule has 4 heteroatoms. The second kappa shape index (κ2) is 3.62. The van der Waals surface area contributed by atoms with Gasteiger partial charge in [0, 0.05) is 12.8 Å². The van der Waals surface area contributed by atoms with Crippen molar-refractivity contribution >= 4 is 0 Å². The molecule has 1 aromatic heterocycles. The SMILES string of the molecule is N#CCCc1ncc(F)cn1. The molecule has 3 nitrogen and oxygen atoms in total. The first-order chi connectivity index (χ1) is 5.33. The van der Waals surface area contributed by atoms with E-state index in [9.17, 15) is 4.39 Å². The van der Waals surface area contributed by atoms with Crippen molar-refractivity contribution < 1.29 is 4.39 Å². The molecule has 0 amide bonds. The molecule has 0 saturated heterocycles. The van der Waals surface area contributed by atoms with Gasteiger partial charge in [-0.3, -0.25) is 0 Å². The summed E-state index contributed by atoms with van der Waals surface area (Å²) in [6, 6.07) is 1.96. The summed E-state index contributed by atoms with van der Waals surface area (Å²) in [5.74, 6) is 0.0543. The van der Waals surface area contributed by atoms with Crippen LogP contribution >= 0.6 is 0 Å². The number of aromatic nitrogens is 2. The Balaban J connectivity index is 2.60. The van der Waals surface area contributed by atoms with Gasteiger partial charge in [-0.25, -0.2) is 14.4 Å². The molecular formula is C7H6FN3. The predicted octanol–water partition coefficient (Wildman–Crippen LogP) is 1.07. The fraction of sp³-hybridized carbons (Fsp3) is 0.286. The average molecular weight is 151 g/mol. The molecule has 0 aliphatic heterocycles. The van der Waals surface area contributed by atoms with Gasteiger partial charge in [-0.05, 0) is 0 Å². The Morgan fingerprint density at radius 1 is 1.45 bits per heavy atom. The molecule has 0 aromatic carbocycles. The molecule has 0 bridgehead atoms. The summed E-state index contributed by atoms with van der Waals surface area (Å²) in [5.41, 5.74) is 0. The van der Waals surface area contributed by atoms with Crippen molar-refractivity contribution in [3.8, 4) is 6.07 Å². The lowest BCUT2D eigenvalue weighted by Crippen LogP contribution is -1.93. The largest absolute Gasteiger partial charge is 0.238 e. The van der Waals surface area contributed by atoms with Crippen LogP contribution in [0.2, 0.25) is 0 Å². The highest BCUT2D eigenvalue weighted by Crippen LogP contribution is 1.95. The van der Waals surface area contributed by atoms with Gasteiger partial charge in [-0.1, -0.05) is 0 Å². The highest BCUT2D eigenvalue weighted by Gasteiger charge is 1.95. The summed E-state index contributed by atoms with van der Waals surface area (Å²) in [4.78, 5) is 7.36. The first-order valence-electron chi connectivity index (χ1n) is 3.16. The highest BCUT2D eigenvalue weighted by molar-refractivity contribution is 4.92. The molecule has 0 radical (unpaired) electrons. The monoisotopic (exact) mass is 151 g/mol. The van der Waals surface area contributed by atoms with Gasteiger partial charge in [0.15, 0.2) is 5.82 Å². The van der Waals surface area contributed by atoms with Crippen molar-refractivity contribution in [3.63, 3.8) is 0 Å². The summed E-state index contributed by atoms with van der Waals surface area (Å²) in [6.45, 7) is 0. The predicted molar refractivity (Wildman–Crippen MR) is 35.9 cm³/mol. The minimum atomic E-state index is -0.453. The molecule has 0 spiro atoms. The molecule has 0 fully saturated rings. The van der Waals surface area contributed by atoms with E-state index in [1.54, 1.807) is 0 Å². The minimum Gasteiger partial charge on any atom is -0.238 e. The third-order valence-electron chi connectivity index (χ3n) is 1.13. The zero-order chi connectivity index (χ0) is 8.10. The molecule has 11 heavy (non-hydrogen) atoms. The Bertz CT molecular complexity index is 262. The molecule has 1 rings (SSSR count). The van der Waals surface area contributed by atoms with Crippen LogP contribution in [-0.2, 0) is 6.42 Å². The fourth-order valence-corrected chi connectivity index (χ4v) is 0.636. The number of aryl methyl sites for hydroxylation is 1. The Hall–Kier alpha value is -1.50. The van der Waals surface area contributed by atoms with E-state index in [0.29, 0.717) is 18.7 Å². The van der Waals surface area contributed by atoms with E-state index in [0.717, 1.165) is 12.4 Å². The molecule has 1 aromatic rings. The molecule has 56 valence electrons. The maximum Gasteiger partial charge on any atom is 0.159 e. The van der Waals surface area contributed by atoms with Crippen LogP contribution in [0.25, 0.3) is 0 Å². The summed E-state index contributed by atoms with van der Waals surface area (Å²) in [7, 11) is 0. The summed E-state index contributed by atoms with van der Waals surface area (Å²) in [6.07, 6.45) is 3.04. The number of nitrogens with zero attached hydrogens (tertiary/aromatic N) is 3. The van der Waals surface area contributed by atoms with Crippen LogP contribution < -0.4 is 0 Å². The quantitative estimate of drug-likeness (QED) is 0.635. The van der Waals surface area contributed by atoms with Crippen LogP contribution in [0.4, 0.5) is 4.39 Å². The Morgan fingerprint density at radius 2 is 2.09 bits per heavy atom. The van der Waals surface area contributed by atoms with Crippen molar-refractivity contribution in [1.82, 2.24) is 9.97 Å². The maximum atomic E-state index is 12.2. The van der Waals surface area contributed by atoms with Crippen LogP contribution in [0.15, 0.2) is 12.4 Å². The summed E-state index contributed by atoms with van der Waals surface area (Å²) < 4.78 is 12.2. The van der Waals surface area contributed by atoms with Gasteiger partial charge in [-0.15, -0.1) is 0 Å². The first-order valence-corrected chi connectivity index (χ1v) is 3.16. The third-order valence-corrected chi connectivity index (χ3v) is 1.13. The van der Waals surface area contributed by atoms with E-state index < -0.39 is 5.82 Å². The topological polar surface area (TPSA) is 49.6 Å². The minimum absolute atomic E-state index is 0.367. The zero-order valence-corrected chi connectivity index (χ0v) is 5.79. The van der Waals surface area contributed by atoms with E-state index >= 15 is 0 Å². The van der Waals surface area contributed by atoms with Gasteiger partial charge in [0.05, 0.1) is 18.5 Å². The lowest BCUT2D eigenvalue weighted by Gasteiger charge is -1.92. The third kappa shape index (κ3) is 2.30. The Morgan fingerprint density at radius 3 is 2.64 bits per heavy atom. The van der Waals surface area contributed by atoms with Crippen molar-refractivity contribution in [1.29, 1.82) is 5.26 Å². The standard InChI is InChI=1S/C7H6FN3/c8-6-4-10-7(11-5-6)2-1-3-9/h4-5H,1-2H2. The number of hydrogen-bond donors (Lipinski definition) is 0. The lowest BCUT2D eigenvalue weighted by molar-refractivity contribution is 0.608. The van der Waals surface area contributed by atoms with Crippen molar-refractivity contribution in [2.24, 2.45) is 0 Å². The van der Waals surface area contributed by atoms with E-state index in [4.69, 9.17) is 5.26 Å². The zero-order valence-electron chi connectivity index (χ0n) is 5.79. The van der Waals surface area contributed by atoms with Crippen LogP contribution in [0.1, 0.15) is 12.2 Å². The molecule has 0 aliphatic carbocycles. The number of nitriles is 1. The fourth-order valence-electron chi connectivity index (χ4n) is 0.636. The van der Waals surface area contributed by atoms with Gasteiger partial charge >= 0.3 is 0 Å². The van der Waals surface area contributed by atoms with Gasteiger partial charge in [-0.2, -0.15) is 5.26 Å². The number of rotatable bonds is 2. The molecule has 0 unspecified atom stereocenters. The smallest absolute Gasteiger partial charge is 0.159 e.